The van der Waals surface area contributed by atoms with Crippen LogP contribution >= 0.6 is 0 Å². The highest BCUT2D eigenvalue weighted by Crippen LogP contribution is 2.39. The maximum absolute atomic E-state index is 5.10. The van der Waals surface area contributed by atoms with Crippen molar-refractivity contribution in [3.63, 3.8) is 0 Å². The first kappa shape index (κ1) is 27.9. The van der Waals surface area contributed by atoms with Crippen LogP contribution in [0.4, 0.5) is 17.1 Å². The average molecular weight is 618 g/mol. The Morgan fingerprint density at radius 2 is 1.33 bits per heavy atom. The van der Waals surface area contributed by atoms with Gasteiger partial charge in [-0.15, -0.1) is 0 Å². The van der Waals surface area contributed by atoms with Gasteiger partial charge in [0, 0.05) is 57.6 Å². The third-order valence-corrected chi connectivity index (χ3v) is 9.14. The molecule has 0 saturated carbocycles. The van der Waals surface area contributed by atoms with Crippen LogP contribution in [0.2, 0.25) is 0 Å². The van der Waals surface area contributed by atoms with Crippen LogP contribution in [-0.4, -0.2) is 19.4 Å². The average Bonchev–Trinajstić information content (AvgIpc) is 3.56. The molecule has 9 rings (SSSR count). The van der Waals surface area contributed by atoms with Crippen molar-refractivity contribution in [2.75, 3.05) is 4.90 Å². The molecular weight excluding hydrogens is 587 g/mol. The quantitative estimate of drug-likeness (QED) is 0.174. The third kappa shape index (κ3) is 4.93. The Labute approximate surface area is 278 Å². The van der Waals surface area contributed by atoms with E-state index in [1.54, 1.807) is 0 Å². The first-order chi connectivity index (χ1) is 23.8. The van der Waals surface area contributed by atoms with Crippen LogP contribution in [0.1, 0.15) is 18.5 Å². The molecule has 5 nitrogen and oxygen atoms in total. The van der Waals surface area contributed by atoms with Gasteiger partial charge in [0.2, 0.25) is 0 Å². The minimum absolute atomic E-state index is 0.926. The molecule has 0 atom stereocenters. The largest absolute Gasteiger partial charge is 0.311 e. The SMILES string of the molecule is C1=CCCC(c2c(-c3ccc(N(c4ccccc4)c4ccc(-c5cnc6c(ccc7cccnc76)c5)cc4)cc3)nc3ccccn23)=C1. The minimum Gasteiger partial charge on any atom is -0.311 e. The molecule has 0 N–H and O–H groups in total. The lowest BCUT2D eigenvalue weighted by molar-refractivity contribution is 1.03. The number of hydrogen-bond donors (Lipinski definition) is 0. The monoisotopic (exact) mass is 617 g/mol. The van der Waals surface area contributed by atoms with Gasteiger partial charge in [0.25, 0.3) is 0 Å². The van der Waals surface area contributed by atoms with Crippen LogP contribution in [0.15, 0.2) is 164 Å². The molecule has 0 fully saturated rings. The molecule has 228 valence electrons. The van der Waals surface area contributed by atoms with Crippen LogP contribution in [0.3, 0.4) is 0 Å². The van der Waals surface area contributed by atoms with Crippen LogP contribution in [0.5, 0.6) is 0 Å². The first-order valence-corrected chi connectivity index (χ1v) is 16.3. The number of benzene rings is 4. The molecule has 0 saturated heterocycles. The van der Waals surface area contributed by atoms with Crippen molar-refractivity contribution in [2.24, 2.45) is 0 Å². The van der Waals surface area contributed by atoms with Crippen molar-refractivity contribution in [2.45, 2.75) is 12.8 Å². The van der Waals surface area contributed by atoms with E-state index in [9.17, 15) is 0 Å². The van der Waals surface area contributed by atoms with Crippen LogP contribution in [0, 0.1) is 0 Å². The van der Waals surface area contributed by atoms with Gasteiger partial charge in [-0.25, -0.2) is 4.98 Å². The van der Waals surface area contributed by atoms with Gasteiger partial charge in [0.1, 0.15) is 5.65 Å². The van der Waals surface area contributed by atoms with Crippen LogP contribution < -0.4 is 4.90 Å². The highest BCUT2D eigenvalue weighted by atomic mass is 15.1. The van der Waals surface area contributed by atoms with E-state index in [4.69, 9.17) is 9.97 Å². The molecule has 0 unspecified atom stereocenters. The van der Waals surface area contributed by atoms with Gasteiger partial charge in [0.15, 0.2) is 0 Å². The van der Waals surface area contributed by atoms with Gasteiger partial charge in [-0.2, -0.15) is 0 Å². The van der Waals surface area contributed by atoms with E-state index >= 15 is 0 Å². The van der Waals surface area contributed by atoms with E-state index in [0.717, 1.165) is 79.7 Å². The van der Waals surface area contributed by atoms with E-state index in [-0.39, 0.29) is 0 Å². The van der Waals surface area contributed by atoms with Crippen molar-refractivity contribution in [3.05, 3.63) is 170 Å². The van der Waals surface area contributed by atoms with Gasteiger partial charge < -0.3 is 4.90 Å². The second-order valence-corrected chi connectivity index (χ2v) is 12.1. The summed E-state index contributed by atoms with van der Waals surface area (Å²) in [6, 6.07) is 44.7. The summed E-state index contributed by atoms with van der Waals surface area (Å²) in [5, 5.41) is 2.18. The maximum Gasteiger partial charge on any atom is 0.137 e. The zero-order valence-corrected chi connectivity index (χ0v) is 26.2. The minimum atomic E-state index is 0.926. The number of hydrogen-bond acceptors (Lipinski definition) is 4. The van der Waals surface area contributed by atoms with E-state index in [1.165, 1.54) is 11.3 Å². The highest BCUT2D eigenvalue weighted by Gasteiger charge is 2.19. The fourth-order valence-corrected chi connectivity index (χ4v) is 6.79. The summed E-state index contributed by atoms with van der Waals surface area (Å²) >= 11 is 0. The standard InChI is InChI=1S/C43H31N5/c1-3-10-33(11-4-1)43-42(46-39-15-7-8-27-47(39)43)32-20-24-38(25-21-32)48(36-13-5-2-6-14-36)37-22-18-30(19-23-37)35-28-34-17-16-31-12-9-26-44-40(31)41(34)45-29-35/h1-3,5-10,12-29H,4,11H2. The second-order valence-electron chi connectivity index (χ2n) is 12.1. The van der Waals surface area contributed by atoms with Crippen molar-refractivity contribution in [3.8, 4) is 22.4 Å². The fraction of sp³-hybridized carbons (Fsp3) is 0.0465. The van der Waals surface area contributed by atoms with Gasteiger partial charge in [-0.05, 0) is 84.6 Å². The topological polar surface area (TPSA) is 46.3 Å². The fourth-order valence-electron chi connectivity index (χ4n) is 6.79. The highest BCUT2D eigenvalue weighted by molar-refractivity contribution is 6.03. The lowest BCUT2D eigenvalue weighted by Gasteiger charge is -2.26. The van der Waals surface area contributed by atoms with Gasteiger partial charge in [-0.3, -0.25) is 14.4 Å². The molecule has 8 aromatic rings. The van der Waals surface area contributed by atoms with Gasteiger partial charge >= 0.3 is 0 Å². The zero-order chi connectivity index (χ0) is 31.9. The molecule has 5 heteroatoms. The predicted octanol–water partition coefficient (Wildman–Crippen LogP) is 11.0. The first-order valence-electron chi connectivity index (χ1n) is 16.3. The predicted molar refractivity (Wildman–Crippen MR) is 198 cm³/mol. The summed E-state index contributed by atoms with van der Waals surface area (Å²) in [6.07, 6.45) is 14.6. The molecule has 4 aromatic carbocycles. The Kier molecular flexibility index (Phi) is 6.86. The Morgan fingerprint density at radius 3 is 2.12 bits per heavy atom. The summed E-state index contributed by atoms with van der Waals surface area (Å²) in [5.41, 5.74) is 12.9. The lowest BCUT2D eigenvalue weighted by Crippen LogP contribution is -2.09. The summed E-state index contributed by atoms with van der Waals surface area (Å²) < 4.78 is 2.22. The molecule has 48 heavy (non-hydrogen) atoms. The molecule has 1 aliphatic rings. The molecule has 0 bridgehead atoms. The molecule has 0 aliphatic heterocycles. The number of pyridine rings is 3. The smallest absolute Gasteiger partial charge is 0.137 e. The van der Waals surface area contributed by atoms with E-state index < -0.39 is 0 Å². The molecule has 4 aromatic heterocycles. The van der Waals surface area contributed by atoms with E-state index in [0.29, 0.717) is 0 Å². The zero-order valence-electron chi connectivity index (χ0n) is 26.2. The number of imidazole rings is 1. The summed E-state index contributed by atoms with van der Waals surface area (Å²) in [7, 11) is 0. The number of allylic oxidation sites excluding steroid dienone is 4. The van der Waals surface area contributed by atoms with Crippen molar-refractivity contribution in [1.29, 1.82) is 0 Å². The second kappa shape index (κ2) is 11.8. The molecule has 1 aliphatic carbocycles. The van der Waals surface area contributed by atoms with Crippen LogP contribution in [-0.2, 0) is 0 Å². The number of fused-ring (bicyclic) bond motifs is 4. The molecular formula is C43H31N5. The van der Waals surface area contributed by atoms with Crippen molar-refractivity contribution in [1.82, 2.24) is 19.4 Å². The summed E-state index contributed by atoms with van der Waals surface area (Å²) in [4.78, 5) is 16.8. The Bertz CT molecular complexity index is 2490. The Hall–Kier alpha value is -6.33. The van der Waals surface area contributed by atoms with Crippen molar-refractivity contribution >= 4 is 50.1 Å². The molecule has 0 amide bonds. The summed E-state index contributed by atoms with van der Waals surface area (Å²) in [5.74, 6) is 0. The van der Waals surface area contributed by atoms with Crippen molar-refractivity contribution < 1.29 is 0 Å². The third-order valence-electron chi connectivity index (χ3n) is 9.14. The van der Waals surface area contributed by atoms with E-state index in [1.807, 2.05) is 24.5 Å². The molecule has 4 heterocycles. The number of para-hydroxylation sites is 1. The summed E-state index contributed by atoms with van der Waals surface area (Å²) in [6.45, 7) is 0. The maximum atomic E-state index is 5.10. The Balaban J connectivity index is 1.08. The van der Waals surface area contributed by atoms with E-state index in [2.05, 4.69) is 154 Å². The normalized spacial score (nSPS) is 12.9. The van der Waals surface area contributed by atoms with Gasteiger partial charge in [0.05, 0.1) is 22.4 Å². The molecule has 0 radical (unpaired) electrons. The molecule has 0 spiro atoms. The lowest BCUT2D eigenvalue weighted by atomic mass is 9.98. The number of anilines is 3. The number of rotatable bonds is 6. The number of nitrogens with zero attached hydrogens (tertiary/aromatic N) is 5. The number of aromatic nitrogens is 4. The van der Waals surface area contributed by atoms with Gasteiger partial charge in [-0.1, -0.05) is 85.0 Å². The Morgan fingerprint density at radius 1 is 0.604 bits per heavy atom. The van der Waals surface area contributed by atoms with Crippen LogP contribution in [0.25, 0.3) is 55.4 Å².